The average molecular weight is 306 g/mol. The number of halogens is 1. The molecule has 1 atom stereocenters. The topological polar surface area (TPSA) is 15.3 Å². The van der Waals surface area contributed by atoms with Crippen LogP contribution in [0.25, 0.3) is 0 Å². The molecule has 1 rings (SSSR count). The monoisotopic (exact) mass is 306 g/mol. The molecule has 1 N–H and O–H groups in total. The molecule has 0 aromatic carbocycles. The molecule has 1 aliphatic heterocycles. The summed E-state index contributed by atoms with van der Waals surface area (Å²) in [5.74, 6) is 0.102. The molecule has 0 saturated carbocycles. The number of allylic oxidation sites excluding steroid dienone is 4. The molecular formula is C19H31FN2. The summed E-state index contributed by atoms with van der Waals surface area (Å²) >= 11 is 0. The van der Waals surface area contributed by atoms with Crippen molar-refractivity contribution in [3.8, 4) is 0 Å². The smallest absolute Gasteiger partial charge is 0.119 e. The van der Waals surface area contributed by atoms with Gasteiger partial charge >= 0.3 is 0 Å². The Morgan fingerprint density at radius 3 is 2.82 bits per heavy atom. The normalized spacial score (nSPS) is 22.5. The Morgan fingerprint density at radius 2 is 2.18 bits per heavy atom. The maximum absolute atomic E-state index is 14.0. The van der Waals surface area contributed by atoms with Crippen LogP contribution < -0.4 is 5.32 Å². The molecular weight excluding hydrogens is 275 g/mol. The Morgan fingerprint density at radius 1 is 1.45 bits per heavy atom. The number of nitrogens with zero attached hydrogens (tertiary/aromatic N) is 1. The zero-order chi connectivity index (χ0) is 16.5. The van der Waals surface area contributed by atoms with E-state index in [0.717, 1.165) is 43.6 Å². The second-order valence-corrected chi connectivity index (χ2v) is 6.34. The summed E-state index contributed by atoms with van der Waals surface area (Å²) in [6.07, 6.45) is 7.04. The third-order valence-corrected chi connectivity index (χ3v) is 4.15. The van der Waals surface area contributed by atoms with Crippen LogP contribution in [0.15, 0.2) is 41.1 Å². The third-order valence-electron chi connectivity index (χ3n) is 4.15. The first kappa shape index (κ1) is 18.7. The Hall–Kier alpha value is -1.31. The van der Waals surface area contributed by atoms with Crippen LogP contribution in [0.1, 0.15) is 47.5 Å². The van der Waals surface area contributed by atoms with Crippen LogP contribution >= 0.6 is 0 Å². The first-order chi connectivity index (χ1) is 10.4. The first-order valence-corrected chi connectivity index (χ1v) is 8.41. The highest BCUT2D eigenvalue weighted by molar-refractivity contribution is 5.34. The number of hydrogen-bond donors (Lipinski definition) is 1. The van der Waals surface area contributed by atoms with Crippen molar-refractivity contribution < 1.29 is 4.39 Å². The molecule has 0 aromatic rings. The van der Waals surface area contributed by atoms with Crippen molar-refractivity contribution in [2.75, 3.05) is 19.6 Å². The summed E-state index contributed by atoms with van der Waals surface area (Å²) in [7, 11) is 0. The van der Waals surface area contributed by atoms with E-state index in [1.165, 1.54) is 0 Å². The molecule has 0 amide bonds. The zero-order valence-electron chi connectivity index (χ0n) is 14.7. The predicted octanol–water partition coefficient (Wildman–Crippen LogP) is 4.57. The number of nitrogens with one attached hydrogen (secondary N) is 1. The SMILES string of the molecule is CCN(CCC1=C=CNCCC(C)/C=C(/F)C=C1C)C(C)C. The molecule has 0 saturated heterocycles. The average Bonchev–Trinajstić information content (AvgIpc) is 2.46. The summed E-state index contributed by atoms with van der Waals surface area (Å²) in [5, 5.41) is 3.25. The highest BCUT2D eigenvalue weighted by Gasteiger charge is 2.10. The minimum atomic E-state index is -0.137. The predicted molar refractivity (Wildman–Crippen MR) is 93.3 cm³/mol. The van der Waals surface area contributed by atoms with Crippen LogP contribution in [0, 0.1) is 5.92 Å². The molecule has 1 aliphatic rings. The van der Waals surface area contributed by atoms with Gasteiger partial charge in [-0.15, -0.1) is 0 Å². The van der Waals surface area contributed by atoms with Gasteiger partial charge < -0.3 is 10.2 Å². The van der Waals surface area contributed by atoms with Gasteiger partial charge in [-0.3, -0.25) is 0 Å². The van der Waals surface area contributed by atoms with E-state index in [-0.39, 0.29) is 11.7 Å². The lowest BCUT2D eigenvalue weighted by atomic mass is 10.0. The van der Waals surface area contributed by atoms with Gasteiger partial charge in [-0.05, 0) is 69.4 Å². The lowest BCUT2D eigenvalue weighted by molar-refractivity contribution is 0.237. The molecule has 2 nitrogen and oxygen atoms in total. The van der Waals surface area contributed by atoms with Crippen LogP contribution in [-0.4, -0.2) is 30.6 Å². The van der Waals surface area contributed by atoms with Crippen molar-refractivity contribution in [3.63, 3.8) is 0 Å². The van der Waals surface area contributed by atoms with E-state index in [2.05, 4.69) is 36.7 Å². The second kappa shape index (κ2) is 9.66. The van der Waals surface area contributed by atoms with E-state index in [1.54, 1.807) is 12.2 Å². The molecule has 3 heteroatoms. The van der Waals surface area contributed by atoms with Gasteiger partial charge in [-0.1, -0.05) is 19.6 Å². The van der Waals surface area contributed by atoms with Gasteiger partial charge in [0.25, 0.3) is 0 Å². The van der Waals surface area contributed by atoms with Crippen molar-refractivity contribution in [2.24, 2.45) is 5.92 Å². The maximum atomic E-state index is 14.0. The molecule has 1 heterocycles. The third kappa shape index (κ3) is 6.64. The van der Waals surface area contributed by atoms with Crippen LogP contribution in [-0.2, 0) is 0 Å². The van der Waals surface area contributed by atoms with E-state index in [1.807, 2.05) is 20.0 Å². The molecule has 0 spiro atoms. The fraction of sp³-hybridized carbons (Fsp3) is 0.632. The van der Waals surface area contributed by atoms with Gasteiger partial charge in [0.15, 0.2) is 0 Å². The van der Waals surface area contributed by atoms with Crippen LogP contribution in [0.4, 0.5) is 4.39 Å². The quantitative estimate of drug-likeness (QED) is 0.748. The summed E-state index contributed by atoms with van der Waals surface area (Å²) in [5.41, 5.74) is 5.35. The number of hydrogen-bond acceptors (Lipinski definition) is 2. The molecule has 124 valence electrons. The van der Waals surface area contributed by atoms with Crippen molar-refractivity contribution in [1.82, 2.24) is 10.2 Å². The van der Waals surface area contributed by atoms with Crippen molar-refractivity contribution in [1.29, 1.82) is 0 Å². The van der Waals surface area contributed by atoms with Crippen LogP contribution in [0.2, 0.25) is 0 Å². The van der Waals surface area contributed by atoms with Crippen LogP contribution in [0.3, 0.4) is 0 Å². The van der Waals surface area contributed by atoms with E-state index >= 15 is 0 Å². The molecule has 0 aromatic heterocycles. The molecule has 0 bridgehead atoms. The largest absolute Gasteiger partial charge is 0.385 e. The van der Waals surface area contributed by atoms with Gasteiger partial charge in [0.05, 0.1) is 0 Å². The van der Waals surface area contributed by atoms with E-state index in [0.29, 0.717) is 6.04 Å². The molecule has 1 unspecified atom stereocenters. The minimum absolute atomic E-state index is 0.137. The standard InChI is InChI=1S/C19H31FN2/c1-6-22(15(2)3)12-9-18-8-11-21-10-7-16(4)13-19(20)14-17(18)5/h11,13-16,21H,6-7,9-10,12H2,1-5H3/b17-14?,19-13+. The van der Waals surface area contributed by atoms with Crippen molar-refractivity contribution in [2.45, 2.75) is 53.5 Å². The van der Waals surface area contributed by atoms with Gasteiger partial charge in [0.2, 0.25) is 0 Å². The highest BCUT2D eigenvalue weighted by Crippen LogP contribution is 2.19. The van der Waals surface area contributed by atoms with Gasteiger partial charge in [0, 0.05) is 25.3 Å². The van der Waals surface area contributed by atoms with Gasteiger partial charge in [-0.25, -0.2) is 4.39 Å². The van der Waals surface area contributed by atoms with Gasteiger partial charge in [-0.2, -0.15) is 0 Å². The second-order valence-electron chi connectivity index (χ2n) is 6.34. The summed E-state index contributed by atoms with van der Waals surface area (Å²) in [6, 6.07) is 0.525. The van der Waals surface area contributed by atoms with Gasteiger partial charge in [0.1, 0.15) is 5.83 Å². The minimum Gasteiger partial charge on any atom is -0.385 e. The molecule has 0 radical (unpaired) electrons. The Kier molecular flexibility index (Phi) is 8.22. The van der Waals surface area contributed by atoms with E-state index in [9.17, 15) is 4.39 Å². The lowest BCUT2D eigenvalue weighted by Crippen LogP contribution is -2.31. The summed E-state index contributed by atoms with van der Waals surface area (Å²) < 4.78 is 14.0. The maximum Gasteiger partial charge on any atom is 0.119 e. The molecule has 22 heavy (non-hydrogen) atoms. The summed E-state index contributed by atoms with van der Waals surface area (Å²) in [4.78, 5) is 2.41. The lowest BCUT2D eigenvalue weighted by Gasteiger charge is -2.25. The van der Waals surface area contributed by atoms with Crippen molar-refractivity contribution >= 4 is 0 Å². The Balaban J connectivity index is 2.92. The zero-order valence-corrected chi connectivity index (χ0v) is 14.7. The van der Waals surface area contributed by atoms with E-state index < -0.39 is 0 Å². The van der Waals surface area contributed by atoms with E-state index in [4.69, 9.17) is 0 Å². The highest BCUT2D eigenvalue weighted by atomic mass is 19.1. The van der Waals surface area contributed by atoms with Crippen LogP contribution in [0.5, 0.6) is 0 Å². The Bertz CT molecular complexity index is 468. The number of rotatable bonds is 5. The molecule has 0 aliphatic carbocycles. The molecule has 0 fully saturated rings. The first-order valence-electron chi connectivity index (χ1n) is 8.41. The fourth-order valence-electron chi connectivity index (χ4n) is 2.64. The fourth-order valence-corrected chi connectivity index (χ4v) is 2.64. The van der Waals surface area contributed by atoms with Crippen molar-refractivity contribution in [3.05, 3.63) is 41.1 Å². The Labute approximate surface area is 135 Å². The summed E-state index contributed by atoms with van der Waals surface area (Å²) in [6.45, 7) is 13.4.